The van der Waals surface area contributed by atoms with E-state index in [0.29, 0.717) is 0 Å². The highest BCUT2D eigenvalue weighted by molar-refractivity contribution is 7.99. The number of nitrogens with zero attached hydrogens (tertiary/aromatic N) is 2. The smallest absolute Gasteiger partial charge is 0.0740 e. The summed E-state index contributed by atoms with van der Waals surface area (Å²) in [6.45, 7) is 4.13. The summed E-state index contributed by atoms with van der Waals surface area (Å²) >= 11 is 1.67. The molecule has 0 saturated carbocycles. The van der Waals surface area contributed by atoms with E-state index in [1.807, 2.05) is 54.1 Å². The molecule has 0 radical (unpaired) electrons. The van der Waals surface area contributed by atoms with E-state index in [0.717, 1.165) is 32.6 Å². The first kappa shape index (κ1) is 13.8. The zero-order valence-electron chi connectivity index (χ0n) is 12.1. The Kier molecular flexibility index (Phi) is 3.71. The molecule has 1 heterocycles. The van der Waals surface area contributed by atoms with Crippen molar-refractivity contribution in [3.63, 3.8) is 0 Å². The lowest BCUT2D eigenvalue weighted by molar-refractivity contribution is 0.832. The van der Waals surface area contributed by atoms with Crippen LogP contribution in [0.15, 0.2) is 64.4 Å². The molecule has 0 spiro atoms. The van der Waals surface area contributed by atoms with Crippen LogP contribution in [-0.2, 0) is 0 Å². The van der Waals surface area contributed by atoms with Crippen LogP contribution in [0.2, 0.25) is 0 Å². The van der Waals surface area contributed by atoms with E-state index in [4.69, 9.17) is 5.73 Å². The number of aromatic nitrogens is 2. The summed E-state index contributed by atoms with van der Waals surface area (Å²) in [5, 5.41) is 4.66. The third kappa shape index (κ3) is 2.67. The molecule has 106 valence electrons. The Morgan fingerprint density at radius 2 is 1.62 bits per heavy atom. The predicted molar refractivity (Wildman–Crippen MR) is 88.0 cm³/mol. The minimum Gasteiger partial charge on any atom is -0.398 e. The van der Waals surface area contributed by atoms with Crippen LogP contribution in [0.4, 0.5) is 5.69 Å². The van der Waals surface area contributed by atoms with Gasteiger partial charge in [-0.05, 0) is 38.1 Å². The lowest BCUT2D eigenvalue weighted by Crippen LogP contribution is -1.98. The molecule has 3 rings (SSSR count). The van der Waals surface area contributed by atoms with Crippen LogP contribution in [0, 0.1) is 13.8 Å². The number of rotatable bonds is 3. The fourth-order valence-corrected chi connectivity index (χ4v) is 3.26. The van der Waals surface area contributed by atoms with Gasteiger partial charge in [-0.3, -0.25) is 0 Å². The second kappa shape index (κ2) is 5.66. The highest BCUT2D eigenvalue weighted by atomic mass is 32.2. The van der Waals surface area contributed by atoms with Crippen LogP contribution in [0.3, 0.4) is 0 Å². The highest BCUT2D eigenvalue weighted by Gasteiger charge is 2.14. The SMILES string of the molecule is Cc1nn(-c2ccccc2)c(C)c1Sc1ccccc1N. The predicted octanol–water partition coefficient (Wildman–Crippen LogP) is 4.22. The number of aryl methyl sites for hydroxylation is 1. The first-order valence-electron chi connectivity index (χ1n) is 6.81. The van der Waals surface area contributed by atoms with Gasteiger partial charge in [0.2, 0.25) is 0 Å². The van der Waals surface area contributed by atoms with Gasteiger partial charge < -0.3 is 5.73 Å². The third-order valence-electron chi connectivity index (χ3n) is 3.36. The first-order chi connectivity index (χ1) is 10.2. The van der Waals surface area contributed by atoms with E-state index in [2.05, 4.69) is 24.2 Å². The maximum absolute atomic E-state index is 6.04. The third-order valence-corrected chi connectivity index (χ3v) is 4.74. The average molecular weight is 295 g/mol. The monoisotopic (exact) mass is 295 g/mol. The summed E-state index contributed by atoms with van der Waals surface area (Å²) in [6, 6.07) is 18.1. The topological polar surface area (TPSA) is 43.8 Å². The van der Waals surface area contributed by atoms with Crippen molar-refractivity contribution >= 4 is 17.4 Å². The van der Waals surface area contributed by atoms with E-state index in [1.54, 1.807) is 11.8 Å². The minimum absolute atomic E-state index is 0.800. The van der Waals surface area contributed by atoms with Crippen molar-refractivity contribution in [2.45, 2.75) is 23.6 Å². The Morgan fingerprint density at radius 1 is 0.952 bits per heavy atom. The van der Waals surface area contributed by atoms with E-state index in [-0.39, 0.29) is 0 Å². The summed E-state index contributed by atoms with van der Waals surface area (Å²) < 4.78 is 1.98. The fourth-order valence-electron chi connectivity index (χ4n) is 2.28. The molecule has 0 atom stereocenters. The van der Waals surface area contributed by atoms with Gasteiger partial charge in [-0.2, -0.15) is 5.10 Å². The summed E-state index contributed by atoms with van der Waals surface area (Å²) in [6.07, 6.45) is 0. The number of hydrogen-bond acceptors (Lipinski definition) is 3. The molecule has 0 unspecified atom stereocenters. The second-order valence-corrected chi connectivity index (χ2v) is 5.94. The van der Waals surface area contributed by atoms with Gasteiger partial charge in [-0.1, -0.05) is 42.1 Å². The van der Waals surface area contributed by atoms with E-state index < -0.39 is 0 Å². The molecule has 0 saturated heterocycles. The van der Waals surface area contributed by atoms with Gasteiger partial charge in [0.1, 0.15) is 0 Å². The van der Waals surface area contributed by atoms with Gasteiger partial charge in [0, 0.05) is 10.6 Å². The summed E-state index contributed by atoms with van der Waals surface area (Å²) in [4.78, 5) is 2.23. The van der Waals surface area contributed by atoms with Crippen LogP contribution in [0.25, 0.3) is 5.69 Å². The fraction of sp³-hybridized carbons (Fsp3) is 0.118. The van der Waals surface area contributed by atoms with Crippen molar-refractivity contribution in [3.8, 4) is 5.69 Å². The number of anilines is 1. The van der Waals surface area contributed by atoms with Crippen molar-refractivity contribution in [2.24, 2.45) is 0 Å². The van der Waals surface area contributed by atoms with Gasteiger partial charge in [0.25, 0.3) is 0 Å². The molecule has 0 fully saturated rings. The zero-order chi connectivity index (χ0) is 14.8. The normalized spacial score (nSPS) is 10.8. The van der Waals surface area contributed by atoms with Gasteiger partial charge in [0.15, 0.2) is 0 Å². The lowest BCUT2D eigenvalue weighted by atomic mass is 10.3. The van der Waals surface area contributed by atoms with E-state index in [9.17, 15) is 0 Å². The number of hydrogen-bond donors (Lipinski definition) is 1. The van der Waals surface area contributed by atoms with Crippen LogP contribution in [0.5, 0.6) is 0 Å². The molecule has 1 aromatic heterocycles. The number of benzene rings is 2. The number of nitrogen functional groups attached to an aromatic ring is 1. The molecule has 2 aromatic carbocycles. The quantitative estimate of drug-likeness (QED) is 0.736. The Morgan fingerprint density at radius 3 is 2.33 bits per heavy atom. The molecule has 0 aliphatic carbocycles. The Hall–Kier alpha value is -2.20. The molecule has 0 bridgehead atoms. The maximum atomic E-state index is 6.04. The van der Waals surface area contributed by atoms with E-state index >= 15 is 0 Å². The average Bonchev–Trinajstić information content (AvgIpc) is 2.78. The molecule has 0 aliphatic rings. The minimum atomic E-state index is 0.800. The van der Waals surface area contributed by atoms with E-state index in [1.165, 1.54) is 0 Å². The molecule has 21 heavy (non-hydrogen) atoms. The van der Waals surface area contributed by atoms with Crippen LogP contribution < -0.4 is 5.73 Å². The molecule has 3 aromatic rings. The van der Waals surface area contributed by atoms with Crippen LogP contribution >= 0.6 is 11.8 Å². The molecule has 0 amide bonds. The standard InChI is InChI=1S/C17H17N3S/c1-12-17(21-16-11-7-6-10-15(16)18)13(2)20(19-12)14-8-4-3-5-9-14/h3-11H,18H2,1-2H3. The largest absolute Gasteiger partial charge is 0.398 e. The number of para-hydroxylation sites is 2. The molecular formula is C17H17N3S. The van der Waals surface area contributed by atoms with Crippen molar-refractivity contribution in [1.82, 2.24) is 9.78 Å². The zero-order valence-corrected chi connectivity index (χ0v) is 12.9. The van der Waals surface area contributed by atoms with Crippen molar-refractivity contribution in [3.05, 3.63) is 66.0 Å². The Bertz CT molecular complexity index is 763. The summed E-state index contributed by atoms with van der Waals surface area (Å²) in [7, 11) is 0. The van der Waals surface area contributed by atoms with Gasteiger partial charge in [-0.15, -0.1) is 0 Å². The van der Waals surface area contributed by atoms with Crippen molar-refractivity contribution in [2.75, 3.05) is 5.73 Å². The van der Waals surface area contributed by atoms with Crippen molar-refractivity contribution in [1.29, 1.82) is 0 Å². The summed E-state index contributed by atoms with van der Waals surface area (Å²) in [5.41, 5.74) is 10.1. The molecule has 2 N–H and O–H groups in total. The van der Waals surface area contributed by atoms with Gasteiger partial charge in [-0.25, -0.2) is 4.68 Å². The van der Waals surface area contributed by atoms with Gasteiger partial charge >= 0.3 is 0 Å². The Balaban J connectivity index is 2.01. The lowest BCUT2D eigenvalue weighted by Gasteiger charge is -2.06. The molecule has 3 nitrogen and oxygen atoms in total. The van der Waals surface area contributed by atoms with Crippen molar-refractivity contribution < 1.29 is 0 Å². The van der Waals surface area contributed by atoms with Gasteiger partial charge in [0.05, 0.1) is 22.0 Å². The summed E-state index contributed by atoms with van der Waals surface area (Å²) in [5.74, 6) is 0. The molecule has 4 heteroatoms. The molecule has 0 aliphatic heterocycles. The number of nitrogens with two attached hydrogens (primary N) is 1. The Labute approximate surface area is 128 Å². The first-order valence-corrected chi connectivity index (χ1v) is 7.62. The van der Waals surface area contributed by atoms with Crippen LogP contribution in [-0.4, -0.2) is 9.78 Å². The highest BCUT2D eigenvalue weighted by Crippen LogP contribution is 2.36. The second-order valence-electron chi connectivity index (χ2n) is 4.89. The maximum Gasteiger partial charge on any atom is 0.0740 e. The molecular weight excluding hydrogens is 278 g/mol. The van der Waals surface area contributed by atoms with Crippen LogP contribution in [0.1, 0.15) is 11.4 Å².